The van der Waals surface area contributed by atoms with Crippen LogP contribution in [0.25, 0.3) is 0 Å². The summed E-state index contributed by atoms with van der Waals surface area (Å²) in [5.74, 6) is 0.122. The van der Waals surface area contributed by atoms with Gasteiger partial charge in [0.1, 0.15) is 0 Å². The number of unbranched alkanes of at least 4 members (excludes halogenated alkanes) is 1. The van der Waals surface area contributed by atoms with Crippen LogP contribution in [0, 0.1) is 5.41 Å². The van der Waals surface area contributed by atoms with Crippen LogP contribution in [0.2, 0.25) is 0 Å². The van der Waals surface area contributed by atoms with E-state index in [0.717, 1.165) is 0 Å². The molecule has 0 aliphatic heterocycles. The van der Waals surface area contributed by atoms with Gasteiger partial charge in [-0.1, -0.05) is 19.0 Å². The second kappa shape index (κ2) is 10.4. The zero-order valence-electron chi connectivity index (χ0n) is 13.0. The maximum absolute atomic E-state index is 12.2. The van der Waals surface area contributed by atoms with E-state index < -0.39 is 24.5 Å². The van der Waals surface area contributed by atoms with Crippen molar-refractivity contribution in [2.45, 2.75) is 46.5 Å². The Morgan fingerprint density at radius 1 is 1.10 bits per heavy atom. The van der Waals surface area contributed by atoms with Gasteiger partial charge in [-0.05, 0) is 39.5 Å². The summed E-state index contributed by atoms with van der Waals surface area (Å²) in [6.45, 7) is 5.54. The highest BCUT2D eigenvalue weighted by molar-refractivity contribution is 6.47. The first-order chi connectivity index (χ1) is 9.94. The van der Waals surface area contributed by atoms with Crippen molar-refractivity contribution < 1.29 is 29.1 Å². The van der Waals surface area contributed by atoms with Gasteiger partial charge in [-0.15, -0.1) is 0 Å². The van der Waals surface area contributed by atoms with Crippen molar-refractivity contribution in [3.05, 3.63) is 12.1 Å². The average molecular weight is 300 g/mol. The summed E-state index contributed by atoms with van der Waals surface area (Å²) in [6, 6.07) is 0. The quantitative estimate of drug-likeness (QED) is 0.273. The summed E-state index contributed by atoms with van der Waals surface area (Å²) in [5.41, 5.74) is -1.28. The van der Waals surface area contributed by atoms with E-state index in [2.05, 4.69) is 0 Å². The molecule has 0 fully saturated rings. The van der Waals surface area contributed by atoms with E-state index in [-0.39, 0.29) is 13.2 Å². The van der Waals surface area contributed by atoms with Gasteiger partial charge in [0.05, 0.1) is 13.2 Å². The summed E-state index contributed by atoms with van der Waals surface area (Å²) in [6.07, 6.45) is 3.26. The first kappa shape index (κ1) is 19.7. The van der Waals surface area contributed by atoms with Gasteiger partial charge in [0.15, 0.2) is 5.41 Å². The van der Waals surface area contributed by atoms with E-state index in [1.165, 1.54) is 5.98 Å². The largest absolute Gasteiger partial charge is 0.480 e. The maximum Gasteiger partial charge on any atom is 0.480 e. The number of carbonyl (C=O) groups is 2. The van der Waals surface area contributed by atoms with Crippen LogP contribution in [0.1, 0.15) is 46.5 Å². The molecular formula is C14H25BO6. The molecule has 2 N–H and O–H groups in total. The third-order valence-electron chi connectivity index (χ3n) is 3.22. The number of carbonyl (C=O) groups excluding carboxylic acids is 2. The third kappa shape index (κ3) is 6.31. The number of allylic oxidation sites excluding steroid dienone is 1. The highest BCUT2D eigenvalue weighted by Crippen LogP contribution is 2.32. The van der Waals surface area contributed by atoms with E-state index in [4.69, 9.17) is 19.5 Å². The molecule has 120 valence electrons. The molecule has 0 atom stereocenters. The van der Waals surface area contributed by atoms with E-state index in [9.17, 15) is 9.59 Å². The molecule has 0 aliphatic rings. The molecule has 7 heteroatoms. The molecule has 0 saturated carbocycles. The molecule has 0 aromatic carbocycles. The Hall–Kier alpha value is -1.34. The van der Waals surface area contributed by atoms with E-state index in [0.29, 0.717) is 25.7 Å². The molecule has 0 amide bonds. The summed E-state index contributed by atoms with van der Waals surface area (Å²) < 4.78 is 10.0. The third-order valence-corrected chi connectivity index (χ3v) is 3.22. The van der Waals surface area contributed by atoms with E-state index in [1.54, 1.807) is 26.8 Å². The van der Waals surface area contributed by atoms with Crippen molar-refractivity contribution in [1.82, 2.24) is 0 Å². The predicted molar refractivity (Wildman–Crippen MR) is 79.2 cm³/mol. The Morgan fingerprint density at radius 2 is 1.62 bits per heavy atom. The molecule has 0 aromatic heterocycles. The van der Waals surface area contributed by atoms with Crippen LogP contribution in [0.4, 0.5) is 0 Å². The highest BCUT2D eigenvalue weighted by atomic mass is 16.6. The minimum absolute atomic E-state index is 0.205. The zero-order valence-corrected chi connectivity index (χ0v) is 13.0. The molecule has 6 nitrogen and oxygen atoms in total. The highest BCUT2D eigenvalue weighted by Gasteiger charge is 2.46. The molecule has 0 spiro atoms. The predicted octanol–water partition coefficient (Wildman–Crippen LogP) is 1.25. The fourth-order valence-corrected chi connectivity index (χ4v) is 2.03. The topological polar surface area (TPSA) is 93.1 Å². The molecule has 0 heterocycles. The second-order valence-corrected chi connectivity index (χ2v) is 4.61. The molecule has 21 heavy (non-hydrogen) atoms. The molecule has 0 aliphatic carbocycles. The molecule has 0 aromatic rings. The summed E-state index contributed by atoms with van der Waals surface area (Å²) >= 11 is 0. The fraction of sp³-hybridized carbons (Fsp3) is 0.714. The summed E-state index contributed by atoms with van der Waals surface area (Å²) in [4.78, 5) is 24.3. The van der Waals surface area contributed by atoms with E-state index in [1.807, 2.05) is 0 Å². The smallest absolute Gasteiger partial charge is 0.465 e. The van der Waals surface area contributed by atoms with Gasteiger partial charge >= 0.3 is 19.1 Å². The Balaban J connectivity index is 4.85. The van der Waals surface area contributed by atoms with Gasteiger partial charge < -0.3 is 19.5 Å². The normalized spacial score (nSPS) is 11.5. The van der Waals surface area contributed by atoms with Gasteiger partial charge in [0, 0.05) is 0 Å². The Labute approximate surface area is 126 Å². The van der Waals surface area contributed by atoms with Gasteiger partial charge in [0.25, 0.3) is 0 Å². The lowest BCUT2D eigenvalue weighted by molar-refractivity contribution is -0.173. The number of rotatable bonds is 10. The molecule has 0 radical (unpaired) electrons. The number of hydrogen-bond acceptors (Lipinski definition) is 6. The minimum Gasteiger partial charge on any atom is -0.465 e. The number of ether oxygens (including phenoxy) is 2. The Bertz CT molecular complexity index is 335. The minimum atomic E-state index is -1.49. The van der Waals surface area contributed by atoms with Crippen molar-refractivity contribution in [2.24, 2.45) is 5.41 Å². The number of hydrogen-bond donors (Lipinski definition) is 2. The Kier molecular flexibility index (Phi) is 9.74. The van der Waals surface area contributed by atoms with Crippen molar-refractivity contribution in [3.63, 3.8) is 0 Å². The lowest BCUT2D eigenvalue weighted by Gasteiger charge is -2.27. The lowest BCUT2D eigenvalue weighted by Crippen LogP contribution is -2.41. The maximum atomic E-state index is 12.2. The van der Waals surface area contributed by atoms with Crippen LogP contribution in [0.15, 0.2) is 12.1 Å². The van der Waals surface area contributed by atoms with Crippen LogP contribution < -0.4 is 0 Å². The lowest BCUT2D eigenvalue weighted by atomic mass is 9.80. The SMILES string of the molecule is CCOC(=O)C(CC)(CCC/C=C/B(O)O)C(=O)OCC. The summed E-state index contributed by atoms with van der Waals surface area (Å²) in [5, 5.41) is 17.4. The molecule has 0 bridgehead atoms. The monoisotopic (exact) mass is 300 g/mol. The van der Waals surface area contributed by atoms with Crippen molar-refractivity contribution in [3.8, 4) is 0 Å². The van der Waals surface area contributed by atoms with Gasteiger partial charge in [0.2, 0.25) is 0 Å². The second-order valence-electron chi connectivity index (χ2n) is 4.61. The molecule has 0 saturated heterocycles. The Morgan fingerprint density at radius 3 is 2.00 bits per heavy atom. The molecular weight excluding hydrogens is 275 g/mol. The average Bonchev–Trinajstić information content (AvgIpc) is 2.43. The van der Waals surface area contributed by atoms with Gasteiger partial charge in [-0.25, -0.2) is 0 Å². The standard InChI is InChI=1S/C14H25BO6/c1-4-14(12(16)20-5-2,13(17)21-6-3)10-8-7-9-11-15(18)19/h9,11,18-19H,4-8,10H2,1-3H3/b11-9+. The van der Waals surface area contributed by atoms with Crippen LogP contribution in [-0.4, -0.2) is 42.3 Å². The first-order valence-electron chi connectivity index (χ1n) is 7.31. The number of esters is 2. The van der Waals surface area contributed by atoms with Crippen molar-refractivity contribution in [2.75, 3.05) is 13.2 Å². The van der Waals surface area contributed by atoms with Gasteiger partial charge in [-0.2, -0.15) is 0 Å². The van der Waals surface area contributed by atoms with Crippen LogP contribution in [-0.2, 0) is 19.1 Å². The first-order valence-corrected chi connectivity index (χ1v) is 7.31. The summed E-state index contributed by atoms with van der Waals surface area (Å²) in [7, 11) is -1.49. The van der Waals surface area contributed by atoms with Crippen molar-refractivity contribution >= 4 is 19.1 Å². The van der Waals surface area contributed by atoms with Gasteiger partial charge in [-0.3, -0.25) is 9.59 Å². The molecule has 0 unspecified atom stereocenters. The van der Waals surface area contributed by atoms with Crippen LogP contribution in [0.5, 0.6) is 0 Å². The van der Waals surface area contributed by atoms with Crippen molar-refractivity contribution in [1.29, 1.82) is 0 Å². The molecule has 0 rings (SSSR count). The van der Waals surface area contributed by atoms with Crippen LogP contribution in [0.3, 0.4) is 0 Å². The fourth-order valence-electron chi connectivity index (χ4n) is 2.03. The zero-order chi connectivity index (χ0) is 16.3. The van der Waals surface area contributed by atoms with E-state index >= 15 is 0 Å². The van der Waals surface area contributed by atoms with Crippen LogP contribution >= 0.6 is 0 Å².